The summed E-state index contributed by atoms with van der Waals surface area (Å²) in [4.78, 5) is 0. The van der Waals surface area contributed by atoms with Crippen molar-refractivity contribution in [2.24, 2.45) is 0 Å². The second-order valence-electron chi connectivity index (χ2n) is 4.16. The zero-order valence-corrected chi connectivity index (χ0v) is 13.7. The fourth-order valence-electron chi connectivity index (χ4n) is 1.77. The molecule has 1 N–H and O–H groups in total. The van der Waals surface area contributed by atoms with Crippen LogP contribution in [0.4, 0.5) is 10.1 Å². The molecule has 0 spiro atoms. The molecule has 1 atom stereocenters. The van der Waals surface area contributed by atoms with Gasteiger partial charge in [-0.25, -0.2) is 4.39 Å². The van der Waals surface area contributed by atoms with Gasteiger partial charge in [-0.15, -0.1) is 0 Å². The van der Waals surface area contributed by atoms with Gasteiger partial charge in [0.25, 0.3) is 0 Å². The van der Waals surface area contributed by atoms with Crippen LogP contribution in [0.25, 0.3) is 0 Å². The molecule has 2 aromatic carbocycles. The molecule has 0 saturated carbocycles. The molecule has 0 saturated heterocycles. The van der Waals surface area contributed by atoms with Crippen molar-refractivity contribution < 1.29 is 4.39 Å². The molecule has 0 aliphatic rings. The van der Waals surface area contributed by atoms with Crippen LogP contribution in [0, 0.1) is 9.39 Å². The van der Waals surface area contributed by atoms with E-state index in [2.05, 4.69) is 27.9 Å². The predicted molar refractivity (Wildman–Crippen MR) is 87.6 cm³/mol. The van der Waals surface area contributed by atoms with Crippen molar-refractivity contribution in [1.29, 1.82) is 0 Å². The summed E-state index contributed by atoms with van der Waals surface area (Å²) >= 11 is 14.2. The fourth-order valence-corrected chi connectivity index (χ4v) is 3.13. The molecule has 1 nitrogen and oxygen atoms in total. The Labute approximate surface area is 135 Å². The first-order valence-corrected chi connectivity index (χ1v) is 7.47. The van der Waals surface area contributed by atoms with Gasteiger partial charge in [-0.1, -0.05) is 29.3 Å². The minimum Gasteiger partial charge on any atom is -0.378 e. The third-order valence-corrected chi connectivity index (χ3v) is 4.19. The minimum atomic E-state index is -0.331. The van der Waals surface area contributed by atoms with Crippen LogP contribution in [0.3, 0.4) is 0 Å². The van der Waals surface area contributed by atoms with Crippen molar-refractivity contribution in [3.8, 4) is 0 Å². The van der Waals surface area contributed by atoms with E-state index in [0.29, 0.717) is 10.0 Å². The first kappa shape index (κ1) is 14.9. The molecule has 0 amide bonds. The molecule has 0 aliphatic heterocycles. The maximum atomic E-state index is 13.0. The van der Waals surface area contributed by atoms with Crippen molar-refractivity contribution in [3.63, 3.8) is 0 Å². The monoisotopic (exact) mass is 409 g/mol. The van der Waals surface area contributed by atoms with E-state index < -0.39 is 0 Å². The smallest absolute Gasteiger partial charge is 0.124 e. The standard InChI is InChI=1S/C14H11Cl2FIN/c1-8(11-4-3-10(17)7-12(11)16)19-14-5-2-9(15)6-13(14)18/h2-8,19H,1H3. The molecule has 0 bridgehead atoms. The van der Waals surface area contributed by atoms with E-state index in [-0.39, 0.29) is 11.9 Å². The van der Waals surface area contributed by atoms with Gasteiger partial charge < -0.3 is 5.32 Å². The fraction of sp³-hybridized carbons (Fsp3) is 0.143. The lowest BCUT2D eigenvalue weighted by Gasteiger charge is -2.18. The average molecular weight is 410 g/mol. The number of benzene rings is 2. The number of hydrogen-bond acceptors (Lipinski definition) is 1. The van der Waals surface area contributed by atoms with E-state index in [1.54, 1.807) is 6.07 Å². The van der Waals surface area contributed by atoms with E-state index >= 15 is 0 Å². The van der Waals surface area contributed by atoms with Crippen LogP contribution in [-0.4, -0.2) is 0 Å². The topological polar surface area (TPSA) is 12.0 Å². The number of rotatable bonds is 3. The molecule has 5 heteroatoms. The summed E-state index contributed by atoms with van der Waals surface area (Å²) < 4.78 is 14.0. The third-order valence-electron chi connectivity index (χ3n) is 2.73. The summed E-state index contributed by atoms with van der Waals surface area (Å²) in [5.74, 6) is -0.331. The third kappa shape index (κ3) is 3.74. The van der Waals surface area contributed by atoms with Gasteiger partial charge in [0, 0.05) is 19.3 Å². The highest BCUT2D eigenvalue weighted by molar-refractivity contribution is 14.1. The molecule has 0 aromatic heterocycles. The summed E-state index contributed by atoms with van der Waals surface area (Å²) in [6.07, 6.45) is 0. The largest absolute Gasteiger partial charge is 0.378 e. The first-order valence-electron chi connectivity index (χ1n) is 5.64. The molecule has 0 heterocycles. The van der Waals surface area contributed by atoms with Crippen molar-refractivity contribution in [2.75, 3.05) is 5.32 Å². The summed E-state index contributed by atoms with van der Waals surface area (Å²) in [6.45, 7) is 1.98. The van der Waals surface area contributed by atoms with Crippen molar-refractivity contribution >= 4 is 51.5 Å². The van der Waals surface area contributed by atoms with Gasteiger partial charge in [0.05, 0.1) is 6.04 Å². The number of halogens is 4. The van der Waals surface area contributed by atoms with Crippen molar-refractivity contribution in [2.45, 2.75) is 13.0 Å². The van der Waals surface area contributed by atoms with Gasteiger partial charge in [0.1, 0.15) is 5.82 Å². The van der Waals surface area contributed by atoms with Gasteiger partial charge in [0.15, 0.2) is 0 Å². The first-order chi connectivity index (χ1) is 8.97. The van der Waals surface area contributed by atoms with Crippen LogP contribution >= 0.6 is 45.8 Å². The van der Waals surface area contributed by atoms with Crippen LogP contribution in [-0.2, 0) is 0 Å². The maximum absolute atomic E-state index is 13.0. The van der Waals surface area contributed by atoms with Gasteiger partial charge in [-0.2, -0.15) is 0 Å². The van der Waals surface area contributed by atoms with Crippen LogP contribution in [0.1, 0.15) is 18.5 Å². The quantitative estimate of drug-likeness (QED) is 0.621. The molecule has 0 fully saturated rings. The molecule has 0 radical (unpaired) electrons. The minimum absolute atomic E-state index is 0.0252. The van der Waals surface area contributed by atoms with E-state index in [9.17, 15) is 4.39 Å². The van der Waals surface area contributed by atoms with Crippen LogP contribution in [0.5, 0.6) is 0 Å². The Morgan fingerprint density at radius 3 is 2.53 bits per heavy atom. The Bertz CT molecular complexity index is 604. The molecule has 2 rings (SSSR count). The predicted octanol–water partition coefficient (Wildman–Crippen LogP) is 5.91. The van der Waals surface area contributed by atoms with Gasteiger partial charge in [-0.3, -0.25) is 0 Å². The van der Waals surface area contributed by atoms with Gasteiger partial charge >= 0.3 is 0 Å². The van der Waals surface area contributed by atoms with Crippen molar-refractivity contribution in [3.05, 3.63) is 61.4 Å². The maximum Gasteiger partial charge on any atom is 0.124 e. The average Bonchev–Trinajstić information content (AvgIpc) is 2.32. The van der Waals surface area contributed by atoms with Crippen molar-refractivity contribution in [1.82, 2.24) is 0 Å². The van der Waals surface area contributed by atoms with Gasteiger partial charge in [0.2, 0.25) is 0 Å². The molecule has 0 aliphatic carbocycles. The van der Waals surface area contributed by atoms with Crippen LogP contribution < -0.4 is 5.32 Å². The number of nitrogens with one attached hydrogen (secondary N) is 1. The lowest BCUT2D eigenvalue weighted by molar-refractivity contribution is 0.626. The Morgan fingerprint density at radius 2 is 1.89 bits per heavy atom. The SMILES string of the molecule is CC(Nc1ccc(Cl)cc1I)c1ccc(F)cc1Cl. The number of hydrogen-bond donors (Lipinski definition) is 1. The van der Waals surface area contributed by atoms with Crippen LogP contribution in [0.2, 0.25) is 10.0 Å². The highest BCUT2D eigenvalue weighted by Crippen LogP contribution is 2.29. The summed E-state index contributed by atoms with van der Waals surface area (Å²) in [6, 6.07) is 10.0. The Kier molecular flexibility index (Phi) is 4.92. The van der Waals surface area contributed by atoms with Gasteiger partial charge in [-0.05, 0) is 65.4 Å². The zero-order valence-electron chi connectivity index (χ0n) is 10.1. The highest BCUT2D eigenvalue weighted by atomic mass is 127. The molecular weight excluding hydrogens is 399 g/mol. The summed E-state index contributed by atoms with van der Waals surface area (Å²) in [7, 11) is 0. The number of anilines is 1. The van der Waals surface area contributed by atoms with E-state index in [4.69, 9.17) is 23.2 Å². The molecule has 1 unspecified atom stereocenters. The molecule has 100 valence electrons. The van der Waals surface area contributed by atoms with E-state index in [1.807, 2.05) is 25.1 Å². The van der Waals surface area contributed by atoms with E-state index in [0.717, 1.165) is 14.8 Å². The Balaban J connectivity index is 2.23. The lowest BCUT2D eigenvalue weighted by atomic mass is 10.1. The second kappa shape index (κ2) is 6.29. The summed E-state index contributed by atoms with van der Waals surface area (Å²) in [5, 5.41) is 4.46. The normalized spacial score (nSPS) is 12.3. The second-order valence-corrected chi connectivity index (χ2v) is 6.16. The lowest BCUT2D eigenvalue weighted by Crippen LogP contribution is -2.08. The molecular formula is C14H11Cl2FIN. The van der Waals surface area contributed by atoms with Crippen LogP contribution in [0.15, 0.2) is 36.4 Å². The Hall–Kier alpha value is -0.520. The van der Waals surface area contributed by atoms with E-state index in [1.165, 1.54) is 12.1 Å². The Morgan fingerprint density at radius 1 is 1.16 bits per heavy atom. The molecule has 2 aromatic rings. The summed E-state index contributed by atoms with van der Waals surface area (Å²) in [5.41, 5.74) is 1.83. The molecule has 19 heavy (non-hydrogen) atoms. The zero-order chi connectivity index (χ0) is 14.0. The highest BCUT2D eigenvalue weighted by Gasteiger charge is 2.11.